The molecular weight excluding hydrogens is 358 g/mol. The number of fused-ring (bicyclic) bond motifs is 1. The Bertz CT molecular complexity index is 933. The highest BCUT2D eigenvalue weighted by molar-refractivity contribution is 6.76. The molecule has 8 nitrogen and oxygen atoms in total. The minimum absolute atomic E-state index is 0.239. The van der Waals surface area contributed by atoms with Gasteiger partial charge in [-0.1, -0.05) is 19.6 Å². The van der Waals surface area contributed by atoms with Gasteiger partial charge in [-0.15, -0.1) is 0 Å². The van der Waals surface area contributed by atoms with Crippen LogP contribution in [0.25, 0.3) is 22.3 Å². The molecule has 0 spiro atoms. The minimum atomic E-state index is -1.12. The average molecular weight is 386 g/mol. The first-order valence-corrected chi connectivity index (χ1v) is 12.6. The van der Waals surface area contributed by atoms with Gasteiger partial charge in [-0.05, 0) is 12.1 Å². The van der Waals surface area contributed by atoms with Gasteiger partial charge in [0.25, 0.3) is 0 Å². The number of hydrogen-bond acceptors (Lipinski definition) is 7. The number of aromatic nitrogens is 5. The molecule has 3 rings (SSSR count). The van der Waals surface area contributed by atoms with E-state index >= 15 is 0 Å². The van der Waals surface area contributed by atoms with Gasteiger partial charge in [-0.25, -0.2) is 19.9 Å². The van der Waals surface area contributed by atoms with Gasteiger partial charge in [0.05, 0.1) is 11.1 Å². The molecular formula is C18H27N7OSi. The zero-order valence-electron chi connectivity index (χ0n) is 16.6. The molecule has 0 saturated carbocycles. The standard InChI is InChI=1S/C18H27N7OSi/c1-24(2)16-15-13(14-6-7-20-18(19)23-14)10-25(17(15)22-11-21-16)12-26-8-9-27(3,4)5/h6-7,10-11H,8-9,12H2,1-5H3,(H2,19,20,23). The molecule has 27 heavy (non-hydrogen) atoms. The summed E-state index contributed by atoms with van der Waals surface area (Å²) in [7, 11) is 2.80. The van der Waals surface area contributed by atoms with Gasteiger partial charge in [0, 0.05) is 46.7 Å². The summed E-state index contributed by atoms with van der Waals surface area (Å²) in [5, 5.41) is 0.925. The number of rotatable bonds is 7. The Kier molecular flexibility index (Phi) is 5.42. The lowest BCUT2D eigenvalue weighted by atomic mass is 10.1. The maximum absolute atomic E-state index is 5.94. The summed E-state index contributed by atoms with van der Waals surface area (Å²) >= 11 is 0. The molecule has 9 heteroatoms. The van der Waals surface area contributed by atoms with E-state index in [4.69, 9.17) is 10.5 Å². The molecule has 0 aromatic carbocycles. The van der Waals surface area contributed by atoms with Crippen molar-refractivity contribution >= 4 is 30.9 Å². The smallest absolute Gasteiger partial charge is 0.220 e. The Hall–Kier alpha value is -2.52. The Balaban J connectivity index is 2.01. The van der Waals surface area contributed by atoms with Crippen molar-refractivity contribution in [3.05, 3.63) is 24.8 Å². The molecule has 144 valence electrons. The van der Waals surface area contributed by atoms with Crippen LogP contribution in [0.2, 0.25) is 25.7 Å². The van der Waals surface area contributed by atoms with Gasteiger partial charge in [0.2, 0.25) is 5.95 Å². The molecule has 0 aliphatic rings. The van der Waals surface area contributed by atoms with Crippen LogP contribution in [0.1, 0.15) is 0 Å². The molecule has 3 aromatic rings. The van der Waals surface area contributed by atoms with Crippen LogP contribution in [-0.4, -0.2) is 53.3 Å². The van der Waals surface area contributed by atoms with Crippen molar-refractivity contribution < 1.29 is 4.74 Å². The predicted molar refractivity (Wildman–Crippen MR) is 111 cm³/mol. The maximum Gasteiger partial charge on any atom is 0.220 e. The van der Waals surface area contributed by atoms with E-state index in [1.807, 2.05) is 35.8 Å². The number of nitrogens with two attached hydrogens (primary N) is 1. The van der Waals surface area contributed by atoms with Crippen molar-refractivity contribution in [3.8, 4) is 11.3 Å². The molecule has 0 fully saturated rings. The average Bonchev–Trinajstić information content (AvgIpc) is 2.96. The molecule has 3 aromatic heterocycles. The Morgan fingerprint density at radius 3 is 2.63 bits per heavy atom. The van der Waals surface area contributed by atoms with Crippen LogP contribution in [0.5, 0.6) is 0 Å². The van der Waals surface area contributed by atoms with Gasteiger partial charge < -0.3 is 19.9 Å². The lowest BCUT2D eigenvalue weighted by Crippen LogP contribution is -2.22. The van der Waals surface area contributed by atoms with E-state index in [2.05, 4.69) is 39.6 Å². The second-order valence-corrected chi connectivity index (χ2v) is 13.6. The first kappa shape index (κ1) is 19.2. The summed E-state index contributed by atoms with van der Waals surface area (Å²) in [5.74, 6) is 1.07. The number of anilines is 2. The van der Waals surface area contributed by atoms with Crippen molar-refractivity contribution in [2.75, 3.05) is 31.3 Å². The van der Waals surface area contributed by atoms with E-state index in [1.165, 1.54) is 0 Å². The van der Waals surface area contributed by atoms with E-state index in [0.29, 0.717) is 6.73 Å². The molecule has 0 radical (unpaired) electrons. The fourth-order valence-electron chi connectivity index (χ4n) is 2.80. The van der Waals surface area contributed by atoms with Crippen LogP contribution in [-0.2, 0) is 11.5 Å². The van der Waals surface area contributed by atoms with Crippen LogP contribution in [0.3, 0.4) is 0 Å². The summed E-state index contributed by atoms with van der Waals surface area (Å²) < 4.78 is 7.95. The quantitative estimate of drug-likeness (QED) is 0.493. The van der Waals surface area contributed by atoms with Crippen LogP contribution in [0, 0.1) is 0 Å². The number of nitrogens with zero attached hydrogens (tertiary/aromatic N) is 6. The topological polar surface area (TPSA) is 95.0 Å². The molecule has 0 aliphatic heterocycles. The molecule has 0 unspecified atom stereocenters. The summed E-state index contributed by atoms with van der Waals surface area (Å²) in [6, 6.07) is 2.97. The second-order valence-electron chi connectivity index (χ2n) is 7.95. The van der Waals surface area contributed by atoms with Gasteiger partial charge in [-0.2, -0.15) is 0 Å². The third-order valence-corrected chi connectivity index (χ3v) is 5.94. The number of ether oxygens (including phenoxy) is 1. The first-order chi connectivity index (χ1) is 12.8. The van der Waals surface area contributed by atoms with Crippen LogP contribution in [0.15, 0.2) is 24.8 Å². The van der Waals surface area contributed by atoms with E-state index in [-0.39, 0.29) is 5.95 Å². The van der Waals surface area contributed by atoms with Gasteiger partial charge in [0.15, 0.2) is 0 Å². The second kappa shape index (κ2) is 7.61. The lowest BCUT2D eigenvalue weighted by Gasteiger charge is -2.16. The SMILES string of the molecule is CN(C)c1ncnc2c1c(-c1ccnc(N)n1)cn2COCC[Si](C)(C)C. The van der Waals surface area contributed by atoms with Crippen molar-refractivity contribution in [1.29, 1.82) is 0 Å². The number of hydrogen-bond donors (Lipinski definition) is 1. The Labute approximate surface area is 160 Å². The molecule has 0 amide bonds. The highest BCUT2D eigenvalue weighted by atomic mass is 28.3. The van der Waals surface area contributed by atoms with Crippen molar-refractivity contribution in [3.63, 3.8) is 0 Å². The molecule has 2 N–H and O–H groups in total. The zero-order valence-corrected chi connectivity index (χ0v) is 17.6. The third kappa shape index (κ3) is 4.42. The molecule has 0 aliphatic carbocycles. The summed E-state index contributed by atoms with van der Waals surface area (Å²) in [6.45, 7) is 8.21. The fourth-order valence-corrected chi connectivity index (χ4v) is 3.56. The van der Waals surface area contributed by atoms with E-state index < -0.39 is 8.07 Å². The van der Waals surface area contributed by atoms with Gasteiger partial charge >= 0.3 is 0 Å². The molecule has 0 atom stereocenters. The van der Waals surface area contributed by atoms with Crippen LogP contribution < -0.4 is 10.6 Å². The fraction of sp³-hybridized carbons (Fsp3) is 0.444. The summed E-state index contributed by atoms with van der Waals surface area (Å²) in [4.78, 5) is 19.3. The van der Waals surface area contributed by atoms with E-state index in [0.717, 1.165) is 40.8 Å². The molecule has 0 bridgehead atoms. The number of nitrogen functional groups attached to an aromatic ring is 1. The van der Waals surface area contributed by atoms with Crippen molar-refractivity contribution in [1.82, 2.24) is 24.5 Å². The largest absolute Gasteiger partial charge is 0.368 e. The van der Waals surface area contributed by atoms with Crippen molar-refractivity contribution in [2.24, 2.45) is 0 Å². The van der Waals surface area contributed by atoms with Crippen LogP contribution >= 0.6 is 0 Å². The highest BCUT2D eigenvalue weighted by Crippen LogP contribution is 2.33. The highest BCUT2D eigenvalue weighted by Gasteiger charge is 2.19. The van der Waals surface area contributed by atoms with Crippen LogP contribution in [0.4, 0.5) is 11.8 Å². The lowest BCUT2D eigenvalue weighted by molar-refractivity contribution is 0.0899. The summed E-state index contributed by atoms with van der Waals surface area (Å²) in [5.41, 5.74) is 8.26. The van der Waals surface area contributed by atoms with Gasteiger partial charge in [0.1, 0.15) is 24.5 Å². The zero-order chi connectivity index (χ0) is 19.6. The monoisotopic (exact) mass is 385 g/mol. The molecule has 3 heterocycles. The first-order valence-electron chi connectivity index (χ1n) is 8.94. The predicted octanol–water partition coefficient (Wildman–Crippen LogP) is 2.85. The van der Waals surface area contributed by atoms with E-state index in [9.17, 15) is 0 Å². The van der Waals surface area contributed by atoms with Gasteiger partial charge in [-0.3, -0.25) is 0 Å². The molecule has 0 saturated heterocycles. The summed E-state index contributed by atoms with van der Waals surface area (Å²) in [6.07, 6.45) is 5.24. The Morgan fingerprint density at radius 2 is 1.96 bits per heavy atom. The third-order valence-electron chi connectivity index (χ3n) is 4.23. The Morgan fingerprint density at radius 1 is 1.19 bits per heavy atom. The maximum atomic E-state index is 5.94. The normalized spacial score (nSPS) is 11.9. The van der Waals surface area contributed by atoms with Crippen molar-refractivity contribution in [2.45, 2.75) is 32.4 Å². The van der Waals surface area contributed by atoms with E-state index in [1.54, 1.807) is 12.5 Å². The minimum Gasteiger partial charge on any atom is -0.368 e.